The van der Waals surface area contributed by atoms with Crippen LogP contribution < -0.4 is 0 Å². The number of benzene rings is 2. The Morgan fingerprint density at radius 3 is 1.21 bits per heavy atom. The molecule has 0 atom stereocenters. The van der Waals surface area contributed by atoms with Crippen LogP contribution in [0, 0.1) is 21.7 Å². The zero-order valence-electron chi connectivity index (χ0n) is 30.7. The van der Waals surface area contributed by atoms with E-state index in [1.807, 2.05) is 72.8 Å². The number of hydrogen-bond acceptors (Lipinski definition) is 6. The van der Waals surface area contributed by atoms with Crippen LogP contribution in [0.4, 0.5) is 11.4 Å². The van der Waals surface area contributed by atoms with E-state index in [0.717, 1.165) is 55.9 Å². The first-order chi connectivity index (χ1) is 22.1. The summed E-state index contributed by atoms with van der Waals surface area (Å²) >= 11 is 0. The lowest BCUT2D eigenvalue weighted by atomic mass is 9.72. The average molecular weight is 643 g/mol. The SMILES string of the molecule is CC(C)(C)C1=CC(=CN=Nc2ccc(-c3cccc(N=NC=C4C=C(C(C)(C)C)C(=O)C(C(C)(C)C)=C4)c3)cc2)C=C(C(C)(C)C)C1=O. The molecule has 2 aliphatic rings. The molecule has 48 heavy (non-hydrogen) atoms. The van der Waals surface area contributed by atoms with Crippen molar-refractivity contribution in [2.45, 2.75) is 83.1 Å². The zero-order valence-corrected chi connectivity index (χ0v) is 30.7. The van der Waals surface area contributed by atoms with E-state index < -0.39 is 0 Å². The van der Waals surface area contributed by atoms with Crippen LogP contribution in [0.1, 0.15) is 83.1 Å². The van der Waals surface area contributed by atoms with Crippen molar-refractivity contribution < 1.29 is 9.59 Å². The van der Waals surface area contributed by atoms with E-state index in [2.05, 4.69) is 104 Å². The van der Waals surface area contributed by atoms with Gasteiger partial charge >= 0.3 is 0 Å². The topological polar surface area (TPSA) is 83.6 Å². The largest absolute Gasteiger partial charge is 0.289 e. The predicted octanol–water partition coefficient (Wildman–Crippen LogP) is 12.3. The lowest BCUT2D eigenvalue weighted by Gasteiger charge is -2.31. The second-order valence-electron chi connectivity index (χ2n) is 16.7. The summed E-state index contributed by atoms with van der Waals surface area (Å²) in [5.41, 5.74) is 7.20. The Morgan fingerprint density at radius 1 is 0.458 bits per heavy atom. The van der Waals surface area contributed by atoms with Crippen LogP contribution in [-0.2, 0) is 9.59 Å². The summed E-state index contributed by atoms with van der Waals surface area (Å²) in [5, 5.41) is 17.6. The number of rotatable bonds is 5. The molecule has 0 N–H and O–H groups in total. The summed E-state index contributed by atoms with van der Waals surface area (Å²) in [6.45, 7) is 24.7. The van der Waals surface area contributed by atoms with Crippen LogP contribution >= 0.6 is 0 Å². The van der Waals surface area contributed by atoms with Gasteiger partial charge < -0.3 is 0 Å². The molecule has 6 nitrogen and oxygen atoms in total. The Hall–Kier alpha value is -4.58. The number of hydrogen-bond donors (Lipinski definition) is 0. The van der Waals surface area contributed by atoms with Gasteiger partial charge in [-0.15, -0.1) is 0 Å². The van der Waals surface area contributed by atoms with Gasteiger partial charge in [0.1, 0.15) is 0 Å². The number of carbonyl (C=O) groups is 2. The summed E-state index contributed by atoms with van der Waals surface area (Å²) in [5.74, 6) is 0.199. The van der Waals surface area contributed by atoms with E-state index in [9.17, 15) is 9.59 Å². The first kappa shape index (κ1) is 36.3. The van der Waals surface area contributed by atoms with Gasteiger partial charge in [0.05, 0.1) is 23.8 Å². The van der Waals surface area contributed by atoms with Crippen LogP contribution in [0.25, 0.3) is 11.1 Å². The molecule has 0 radical (unpaired) electrons. The standard InChI is InChI=1S/C42H50N4O2/c1-39(2,3)33-20-27(21-34(37(33)47)40(4,5)6)25-43-45-31-18-16-29(17-19-31)30-14-13-15-32(24-30)46-44-26-28-22-35(41(7,8)9)38(48)36(23-28)42(10,11)12/h13-26H,1-12H3. The minimum atomic E-state index is -0.279. The Morgan fingerprint density at radius 2 is 0.833 bits per heavy atom. The molecule has 0 aliphatic heterocycles. The molecule has 0 aromatic heterocycles. The van der Waals surface area contributed by atoms with Gasteiger partial charge in [-0.05, 0) is 92.5 Å². The van der Waals surface area contributed by atoms with Gasteiger partial charge in [0.15, 0.2) is 11.6 Å². The molecule has 2 aromatic rings. The summed E-state index contributed by atoms with van der Waals surface area (Å²) in [4.78, 5) is 26.4. The highest BCUT2D eigenvalue weighted by Gasteiger charge is 2.35. The van der Waals surface area contributed by atoms with Crippen LogP contribution in [0.2, 0.25) is 0 Å². The molecule has 4 rings (SSSR count). The molecule has 0 spiro atoms. The minimum Gasteiger partial charge on any atom is -0.289 e. The summed E-state index contributed by atoms with van der Waals surface area (Å²) in [6, 6.07) is 15.8. The van der Waals surface area contributed by atoms with Gasteiger partial charge in [-0.1, -0.05) is 107 Å². The van der Waals surface area contributed by atoms with E-state index in [-0.39, 0.29) is 33.2 Å². The third kappa shape index (κ3) is 8.85. The second kappa shape index (κ2) is 13.5. The van der Waals surface area contributed by atoms with E-state index in [1.165, 1.54) is 0 Å². The Bertz CT molecular complexity index is 1770. The fourth-order valence-corrected chi connectivity index (χ4v) is 5.47. The molecule has 0 bridgehead atoms. The van der Waals surface area contributed by atoms with Crippen molar-refractivity contribution in [3.8, 4) is 11.1 Å². The molecule has 250 valence electrons. The third-order valence-corrected chi connectivity index (χ3v) is 8.26. The third-order valence-electron chi connectivity index (χ3n) is 8.26. The second-order valence-corrected chi connectivity index (χ2v) is 16.7. The smallest absolute Gasteiger partial charge is 0.186 e. The van der Waals surface area contributed by atoms with E-state index in [4.69, 9.17) is 0 Å². The molecule has 0 heterocycles. The summed E-state index contributed by atoms with van der Waals surface area (Å²) in [7, 11) is 0. The molecular formula is C42H50N4O2. The molecule has 0 saturated carbocycles. The summed E-state index contributed by atoms with van der Waals surface area (Å²) < 4.78 is 0. The predicted molar refractivity (Wildman–Crippen MR) is 197 cm³/mol. The molecule has 2 aromatic carbocycles. The fourth-order valence-electron chi connectivity index (χ4n) is 5.47. The van der Waals surface area contributed by atoms with Crippen LogP contribution in [-0.4, -0.2) is 11.6 Å². The maximum absolute atomic E-state index is 13.2. The normalized spacial score (nSPS) is 16.7. The van der Waals surface area contributed by atoms with E-state index in [1.54, 1.807) is 12.4 Å². The number of Topliss-reactive ketones (excluding diaryl/α,β-unsaturated/α-hetero) is 2. The van der Waals surface area contributed by atoms with Crippen molar-refractivity contribution in [2.75, 3.05) is 0 Å². The lowest BCUT2D eigenvalue weighted by molar-refractivity contribution is -0.114. The maximum atomic E-state index is 13.2. The molecule has 0 saturated heterocycles. The maximum Gasteiger partial charge on any atom is 0.186 e. The highest BCUT2D eigenvalue weighted by atomic mass is 16.1. The van der Waals surface area contributed by atoms with Gasteiger partial charge in [-0.2, -0.15) is 20.5 Å². The highest BCUT2D eigenvalue weighted by Crippen LogP contribution is 2.40. The van der Waals surface area contributed by atoms with Crippen molar-refractivity contribution in [1.82, 2.24) is 0 Å². The summed E-state index contributed by atoms with van der Waals surface area (Å²) in [6.07, 6.45) is 11.1. The van der Waals surface area contributed by atoms with Crippen LogP contribution in [0.15, 0.2) is 139 Å². The van der Waals surface area contributed by atoms with Gasteiger partial charge in [-0.3, -0.25) is 9.59 Å². The molecule has 2 aliphatic carbocycles. The van der Waals surface area contributed by atoms with Crippen LogP contribution in [0.3, 0.4) is 0 Å². The number of allylic oxidation sites excluding steroid dienone is 10. The van der Waals surface area contributed by atoms with Gasteiger partial charge in [0.2, 0.25) is 0 Å². The average Bonchev–Trinajstić information content (AvgIpc) is 2.96. The van der Waals surface area contributed by atoms with Gasteiger partial charge in [0.25, 0.3) is 0 Å². The zero-order chi connectivity index (χ0) is 35.7. The Kier molecular flexibility index (Phi) is 10.2. The Balaban J connectivity index is 1.53. The first-order valence-electron chi connectivity index (χ1n) is 16.6. The molecule has 0 amide bonds. The number of nitrogens with zero attached hydrogens (tertiary/aromatic N) is 4. The number of ketones is 2. The van der Waals surface area contributed by atoms with Crippen molar-refractivity contribution in [3.63, 3.8) is 0 Å². The Labute approximate surface area is 287 Å². The van der Waals surface area contributed by atoms with Crippen molar-refractivity contribution in [2.24, 2.45) is 42.1 Å². The molecule has 0 unspecified atom stereocenters. The van der Waals surface area contributed by atoms with E-state index >= 15 is 0 Å². The first-order valence-corrected chi connectivity index (χ1v) is 16.6. The highest BCUT2D eigenvalue weighted by molar-refractivity contribution is 6.12. The quantitative estimate of drug-likeness (QED) is 0.304. The fraction of sp³-hybridized carbons (Fsp3) is 0.381. The van der Waals surface area contributed by atoms with Crippen LogP contribution in [0.5, 0.6) is 0 Å². The molecule has 0 fully saturated rings. The van der Waals surface area contributed by atoms with Gasteiger partial charge in [0, 0.05) is 22.3 Å². The van der Waals surface area contributed by atoms with Crippen molar-refractivity contribution in [1.29, 1.82) is 0 Å². The minimum absolute atomic E-state index is 0.0990. The van der Waals surface area contributed by atoms with Crippen molar-refractivity contribution in [3.05, 3.63) is 119 Å². The molecular weight excluding hydrogens is 592 g/mol. The lowest BCUT2D eigenvalue weighted by Crippen LogP contribution is -2.27. The van der Waals surface area contributed by atoms with E-state index in [0.29, 0.717) is 0 Å². The number of azo groups is 2. The molecule has 6 heteroatoms. The van der Waals surface area contributed by atoms with Gasteiger partial charge in [-0.25, -0.2) is 0 Å². The van der Waals surface area contributed by atoms with Crippen molar-refractivity contribution >= 4 is 22.9 Å². The monoisotopic (exact) mass is 642 g/mol. The number of carbonyl (C=O) groups excluding carboxylic acids is 2.